The van der Waals surface area contributed by atoms with E-state index >= 15 is 0 Å². The fraction of sp³-hybridized carbons (Fsp3) is 0.125. The summed E-state index contributed by atoms with van der Waals surface area (Å²) in [4.78, 5) is 0. The second-order valence-corrected chi connectivity index (χ2v) is 3.92. The summed E-state index contributed by atoms with van der Waals surface area (Å²) in [5, 5.41) is 8.36. The van der Waals surface area contributed by atoms with Gasteiger partial charge < -0.3 is 0 Å². The molecule has 0 saturated heterocycles. The summed E-state index contributed by atoms with van der Waals surface area (Å²) < 4.78 is 0.873. The first-order valence-electron chi connectivity index (χ1n) is 3.14. The van der Waals surface area contributed by atoms with Crippen LogP contribution in [0, 0.1) is 11.3 Å². The maximum absolute atomic E-state index is 8.53. The van der Waals surface area contributed by atoms with Gasteiger partial charge in [0.2, 0.25) is 0 Å². The minimum absolute atomic E-state index is 0.505. The monoisotopic (exact) mass is 263 g/mol. The van der Waals surface area contributed by atoms with E-state index in [0.29, 0.717) is 10.6 Å². The van der Waals surface area contributed by atoms with Crippen molar-refractivity contribution in [2.24, 2.45) is 0 Å². The topological polar surface area (TPSA) is 23.8 Å². The Hall–Kier alpha value is -0.230. The molecule has 1 unspecified atom stereocenters. The number of nitriles is 1. The highest BCUT2D eigenvalue weighted by Crippen LogP contribution is 2.29. The van der Waals surface area contributed by atoms with Gasteiger partial charge in [0.1, 0.15) is 5.38 Å². The lowest BCUT2D eigenvalue weighted by molar-refractivity contribution is 1.21. The number of alkyl halides is 1. The van der Waals surface area contributed by atoms with E-state index in [9.17, 15) is 0 Å². The summed E-state index contributed by atoms with van der Waals surface area (Å²) in [6.45, 7) is 0. The van der Waals surface area contributed by atoms with Crippen molar-refractivity contribution in [3.63, 3.8) is 0 Å². The molecule has 0 radical (unpaired) electrons. The van der Waals surface area contributed by atoms with Crippen LogP contribution in [0.2, 0.25) is 5.02 Å². The third-order valence-electron chi connectivity index (χ3n) is 1.35. The Morgan fingerprint density at radius 3 is 2.67 bits per heavy atom. The minimum Gasteiger partial charge on any atom is -0.196 e. The quantitative estimate of drug-likeness (QED) is 0.706. The van der Waals surface area contributed by atoms with Gasteiger partial charge in [-0.2, -0.15) is 5.26 Å². The maximum Gasteiger partial charge on any atom is 0.146 e. The second-order valence-electron chi connectivity index (χ2n) is 2.16. The van der Waals surface area contributed by atoms with E-state index < -0.39 is 5.38 Å². The molecule has 0 aliphatic carbocycles. The molecule has 0 saturated carbocycles. The number of hydrogen-bond acceptors (Lipinski definition) is 1. The summed E-state index contributed by atoms with van der Waals surface area (Å²) >= 11 is 14.8. The number of halogens is 3. The molecule has 0 spiro atoms. The van der Waals surface area contributed by atoms with Crippen LogP contribution in [0.4, 0.5) is 0 Å². The van der Waals surface area contributed by atoms with Crippen LogP contribution >= 0.6 is 39.1 Å². The zero-order chi connectivity index (χ0) is 9.14. The Morgan fingerprint density at radius 1 is 1.50 bits per heavy atom. The molecule has 62 valence electrons. The predicted octanol–water partition coefficient (Wildman–Crippen LogP) is 3.91. The van der Waals surface area contributed by atoms with E-state index in [1.807, 2.05) is 6.07 Å². The van der Waals surface area contributed by atoms with Crippen molar-refractivity contribution in [2.75, 3.05) is 0 Å². The van der Waals surface area contributed by atoms with Crippen LogP contribution in [0.15, 0.2) is 22.7 Å². The third-order valence-corrected chi connectivity index (χ3v) is 2.50. The van der Waals surface area contributed by atoms with Gasteiger partial charge in [0.05, 0.1) is 6.07 Å². The Morgan fingerprint density at radius 2 is 2.17 bits per heavy atom. The van der Waals surface area contributed by atoms with Crippen LogP contribution in [0.1, 0.15) is 10.9 Å². The van der Waals surface area contributed by atoms with Crippen LogP contribution in [0.25, 0.3) is 0 Å². The molecular formula is C8H4BrCl2N. The lowest BCUT2D eigenvalue weighted by Crippen LogP contribution is -1.87. The number of nitrogens with zero attached hydrogens (tertiary/aromatic N) is 1. The van der Waals surface area contributed by atoms with Crippen molar-refractivity contribution in [1.29, 1.82) is 5.26 Å². The van der Waals surface area contributed by atoms with Crippen molar-refractivity contribution in [1.82, 2.24) is 0 Å². The van der Waals surface area contributed by atoms with Crippen LogP contribution in [0.5, 0.6) is 0 Å². The summed E-state index contributed by atoms with van der Waals surface area (Å²) in [7, 11) is 0. The van der Waals surface area contributed by atoms with Crippen LogP contribution in [0.3, 0.4) is 0 Å². The zero-order valence-corrected chi connectivity index (χ0v) is 8.99. The number of benzene rings is 1. The third kappa shape index (κ3) is 2.13. The fourth-order valence-electron chi connectivity index (χ4n) is 0.777. The zero-order valence-electron chi connectivity index (χ0n) is 5.89. The second kappa shape index (κ2) is 4.13. The Labute approximate surface area is 89.0 Å². The van der Waals surface area contributed by atoms with Crippen molar-refractivity contribution in [3.05, 3.63) is 33.3 Å². The van der Waals surface area contributed by atoms with Gasteiger partial charge in [0, 0.05) is 15.1 Å². The number of rotatable bonds is 1. The van der Waals surface area contributed by atoms with Gasteiger partial charge in [-0.3, -0.25) is 0 Å². The molecule has 4 heteroatoms. The molecule has 1 aromatic carbocycles. The molecule has 0 aliphatic heterocycles. The first-order valence-corrected chi connectivity index (χ1v) is 4.74. The van der Waals surface area contributed by atoms with Crippen LogP contribution in [-0.2, 0) is 0 Å². The lowest BCUT2D eigenvalue weighted by Gasteiger charge is -2.03. The van der Waals surface area contributed by atoms with E-state index in [-0.39, 0.29) is 0 Å². The van der Waals surface area contributed by atoms with E-state index in [1.54, 1.807) is 18.2 Å². The summed E-state index contributed by atoms with van der Waals surface area (Å²) in [6.07, 6.45) is 0. The highest BCUT2D eigenvalue weighted by Gasteiger charge is 2.09. The molecule has 0 aliphatic rings. The molecule has 1 rings (SSSR count). The van der Waals surface area contributed by atoms with Gasteiger partial charge in [-0.25, -0.2) is 0 Å². The highest BCUT2D eigenvalue weighted by molar-refractivity contribution is 9.10. The summed E-state index contributed by atoms with van der Waals surface area (Å²) in [5.74, 6) is 0. The molecule has 0 bridgehead atoms. The van der Waals surface area contributed by atoms with Gasteiger partial charge in [-0.05, 0) is 12.1 Å². The Balaban J connectivity index is 3.11. The largest absolute Gasteiger partial charge is 0.196 e. The van der Waals surface area contributed by atoms with Gasteiger partial charge in [-0.15, -0.1) is 11.6 Å². The molecule has 0 N–H and O–H groups in total. The molecular weight excluding hydrogens is 261 g/mol. The van der Waals surface area contributed by atoms with Gasteiger partial charge >= 0.3 is 0 Å². The normalized spacial score (nSPS) is 12.2. The van der Waals surface area contributed by atoms with E-state index in [2.05, 4.69) is 15.9 Å². The maximum atomic E-state index is 8.53. The molecule has 12 heavy (non-hydrogen) atoms. The summed E-state index contributed by atoms with van der Waals surface area (Å²) in [5.41, 5.74) is 0.643. The van der Waals surface area contributed by atoms with Crippen LogP contribution in [-0.4, -0.2) is 0 Å². The molecule has 1 atom stereocenters. The van der Waals surface area contributed by atoms with E-state index in [1.165, 1.54) is 0 Å². The van der Waals surface area contributed by atoms with Crippen molar-refractivity contribution in [3.8, 4) is 6.07 Å². The first-order chi connectivity index (χ1) is 5.65. The number of hydrogen-bond donors (Lipinski definition) is 0. The Kier molecular flexibility index (Phi) is 3.39. The molecule has 0 aromatic heterocycles. The Bertz CT molecular complexity index is 332. The standard InChI is InChI=1S/C8H4BrCl2N/c9-5-1-2-6(7(10)3-5)8(11)4-12/h1-3,8H. The van der Waals surface area contributed by atoms with Crippen LogP contribution < -0.4 is 0 Å². The van der Waals surface area contributed by atoms with Crippen molar-refractivity contribution >= 4 is 39.1 Å². The summed E-state index contributed by atoms with van der Waals surface area (Å²) in [6, 6.07) is 7.15. The average Bonchev–Trinajstić information content (AvgIpc) is 2.03. The van der Waals surface area contributed by atoms with Gasteiger partial charge in [0.25, 0.3) is 0 Å². The average molecular weight is 265 g/mol. The minimum atomic E-state index is -0.675. The molecule has 1 aromatic rings. The molecule has 0 fully saturated rings. The van der Waals surface area contributed by atoms with E-state index in [0.717, 1.165) is 4.47 Å². The van der Waals surface area contributed by atoms with Crippen molar-refractivity contribution in [2.45, 2.75) is 5.38 Å². The predicted molar refractivity (Wildman–Crippen MR) is 53.4 cm³/mol. The molecule has 1 nitrogen and oxygen atoms in total. The first kappa shape index (κ1) is 9.85. The lowest BCUT2D eigenvalue weighted by atomic mass is 10.2. The van der Waals surface area contributed by atoms with Crippen molar-refractivity contribution < 1.29 is 0 Å². The van der Waals surface area contributed by atoms with E-state index in [4.69, 9.17) is 28.5 Å². The fourth-order valence-corrected chi connectivity index (χ4v) is 1.81. The molecule has 0 amide bonds. The smallest absolute Gasteiger partial charge is 0.146 e. The van der Waals surface area contributed by atoms with Gasteiger partial charge in [-0.1, -0.05) is 33.6 Å². The highest BCUT2D eigenvalue weighted by atomic mass is 79.9. The van der Waals surface area contributed by atoms with Gasteiger partial charge in [0.15, 0.2) is 0 Å². The molecule has 0 heterocycles. The SMILES string of the molecule is N#CC(Cl)c1ccc(Br)cc1Cl.